The topological polar surface area (TPSA) is 84.4 Å². The maximum Gasteiger partial charge on any atom is 0.194 e. The average Bonchev–Trinajstić information content (AvgIpc) is 3.06. The molecule has 8 nitrogen and oxygen atoms in total. The first-order valence-electron chi connectivity index (χ1n) is 7.77. The zero-order chi connectivity index (χ0) is 16.8. The number of aromatic nitrogens is 4. The van der Waals surface area contributed by atoms with Crippen LogP contribution in [-0.2, 0) is 20.0 Å². The molecule has 0 saturated heterocycles. The van der Waals surface area contributed by atoms with Crippen molar-refractivity contribution in [2.45, 2.75) is 33.7 Å². The normalized spacial score (nSPS) is 11.8. The lowest BCUT2D eigenvalue weighted by Crippen LogP contribution is -2.39. The van der Waals surface area contributed by atoms with Gasteiger partial charge in [0.05, 0.1) is 12.2 Å². The zero-order valence-corrected chi connectivity index (χ0v) is 14.5. The summed E-state index contributed by atoms with van der Waals surface area (Å²) >= 11 is 0. The Morgan fingerprint density at radius 1 is 1.43 bits per heavy atom. The van der Waals surface area contributed by atoms with Crippen LogP contribution in [0.5, 0.6) is 0 Å². The predicted octanol–water partition coefficient (Wildman–Crippen LogP) is 1.06. The summed E-state index contributed by atoms with van der Waals surface area (Å²) in [4.78, 5) is 11.0. The van der Waals surface area contributed by atoms with Gasteiger partial charge in [-0.15, -0.1) is 0 Å². The van der Waals surface area contributed by atoms with Crippen LogP contribution in [0.4, 0.5) is 0 Å². The number of aryl methyl sites for hydroxylation is 3. The molecule has 0 radical (unpaired) electrons. The molecule has 0 amide bonds. The van der Waals surface area contributed by atoms with Crippen LogP contribution in [0.25, 0.3) is 0 Å². The molecule has 23 heavy (non-hydrogen) atoms. The molecule has 2 heterocycles. The first-order valence-corrected chi connectivity index (χ1v) is 7.77. The first-order chi connectivity index (χ1) is 11.0. The summed E-state index contributed by atoms with van der Waals surface area (Å²) < 4.78 is 6.96. The lowest BCUT2D eigenvalue weighted by Gasteiger charge is -2.21. The third-order valence-corrected chi connectivity index (χ3v) is 3.68. The largest absolute Gasteiger partial charge is 0.361 e. The van der Waals surface area contributed by atoms with Crippen molar-refractivity contribution in [1.29, 1.82) is 0 Å². The van der Waals surface area contributed by atoms with Crippen molar-refractivity contribution in [2.24, 2.45) is 12.0 Å². The van der Waals surface area contributed by atoms with E-state index in [9.17, 15) is 0 Å². The van der Waals surface area contributed by atoms with E-state index in [2.05, 4.69) is 32.5 Å². The average molecular weight is 319 g/mol. The van der Waals surface area contributed by atoms with Crippen LogP contribution in [0.3, 0.4) is 0 Å². The second kappa shape index (κ2) is 7.75. The van der Waals surface area contributed by atoms with E-state index >= 15 is 0 Å². The van der Waals surface area contributed by atoms with Gasteiger partial charge in [-0.25, -0.2) is 4.98 Å². The van der Waals surface area contributed by atoms with E-state index in [0.29, 0.717) is 13.1 Å². The minimum Gasteiger partial charge on any atom is -0.361 e. The summed E-state index contributed by atoms with van der Waals surface area (Å²) in [6.45, 7) is 8.08. The monoisotopic (exact) mass is 319 g/mol. The van der Waals surface area contributed by atoms with Crippen molar-refractivity contribution in [3.63, 3.8) is 0 Å². The maximum atomic E-state index is 5.19. The van der Waals surface area contributed by atoms with Crippen LogP contribution in [-0.4, -0.2) is 50.9 Å². The second-order valence-corrected chi connectivity index (χ2v) is 5.44. The van der Waals surface area contributed by atoms with Gasteiger partial charge in [-0.1, -0.05) is 5.16 Å². The Hall–Kier alpha value is -2.38. The van der Waals surface area contributed by atoms with E-state index in [4.69, 9.17) is 4.52 Å². The number of nitrogens with zero attached hydrogens (tertiary/aromatic N) is 6. The van der Waals surface area contributed by atoms with Crippen LogP contribution in [0.15, 0.2) is 15.8 Å². The Kier molecular flexibility index (Phi) is 5.72. The zero-order valence-electron chi connectivity index (χ0n) is 14.5. The Balaban J connectivity index is 2.00. The Morgan fingerprint density at radius 3 is 2.78 bits per heavy atom. The molecule has 0 fully saturated rings. The summed E-state index contributed by atoms with van der Waals surface area (Å²) in [6, 6.07) is 0. The minimum absolute atomic E-state index is 0.646. The quantitative estimate of drug-likeness (QED) is 0.633. The number of nitrogens with one attached hydrogen (secondary N) is 1. The number of guanidine groups is 1. The van der Waals surface area contributed by atoms with Gasteiger partial charge >= 0.3 is 0 Å². The number of hydrogen-bond donors (Lipinski definition) is 1. The van der Waals surface area contributed by atoms with Gasteiger partial charge in [-0.3, -0.25) is 9.67 Å². The smallest absolute Gasteiger partial charge is 0.194 e. The van der Waals surface area contributed by atoms with Crippen LogP contribution < -0.4 is 5.32 Å². The first kappa shape index (κ1) is 17.0. The van der Waals surface area contributed by atoms with Crippen molar-refractivity contribution in [3.05, 3.63) is 29.2 Å². The van der Waals surface area contributed by atoms with Gasteiger partial charge in [-0.05, 0) is 27.2 Å². The Labute approximate surface area is 136 Å². The molecule has 2 aromatic heterocycles. The lowest BCUT2D eigenvalue weighted by atomic mass is 10.1. The summed E-state index contributed by atoms with van der Waals surface area (Å²) in [5.74, 6) is 2.61. The molecular weight excluding hydrogens is 294 g/mol. The third-order valence-electron chi connectivity index (χ3n) is 3.68. The van der Waals surface area contributed by atoms with Crippen molar-refractivity contribution >= 4 is 5.96 Å². The molecule has 8 heteroatoms. The second-order valence-electron chi connectivity index (χ2n) is 5.44. The molecule has 2 rings (SSSR count). The molecule has 0 spiro atoms. The van der Waals surface area contributed by atoms with E-state index in [1.54, 1.807) is 11.0 Å². The highest BCUT2D eigenvalue weighted by atomic mass is 16.5. The van der Waals surface area contributed by atoms with Gasteiger partial charge in [0.1, 0.15) is 17.9 Å². The van der Waals surface area contributed by atoms with Crippen molar-refractivity contribution in [2.75, 3.05) is 20.1 Å². The molecular formula is C15H25N7O. The highest BCUT2D eigenvalue weighted by Gasteiger charge is 2.11. The van der Waals surface area contributed by atoms with Crippen molar-refractivity contribution < 1.29 is 4.52 Å². The van der Waals surface area contributed by atoms with Gasteiger partial charge in [0.2, 0.25) is 0 Å². The van der Waals surface area contributed by atoms with Gasteiger partial charge in [0.25, 0.3) is 0 Å². The van der Waals surface area contributed by atoms with Crippen molar-refractivity contribution in [1.82, 2.24) is 30.1 Å². The molecule has 0 aliphatic carbocycles. The molecule has 0 aliphatic rings. The van der Waals surface area contributed by atoms with Crippen molar-refractivity contribution in [3.8, 4) is 0 Å². The highest BCUT2D eigenvalue weighted by molar-refractivity contribution is 5.79. The Morgan fingerprint density at radius 2 is 2.22 bits per heavy atom. The van der Waals surface area contributed by atoms with Crippen LogP contribution in [0.2, 0.25) is 0 Å². The molecule has 0 aliphatic heterocycles. The van der Waals surface area contributed by atoms with E-state index < -0.39 is 0 Å². The fourth-order valence-electron chi connectivity index (χ4n) is 2.35. The number of hydrogen-bond acceptors (Lipinski definition) is 5. The molecule has 0 bridgehead atoms. The van der Waals surface area contributed by atoms with Gasteiger partial charge in [0, 0.05) is 32.7 Å². The predicted molar refractivity (Wildman–Crippen MR) is 88.1 cm³/mol. The molecule has 1 N–H and O–H groups in total. The lowest BCUT2D eigenvalue weighted by molar-refractivity contribution is 0.392. The minimum atomic E-state index is 0.646. The third kappa shape index (κ3) is 4.30. The molecule has 2 aromatic rings. The molecule has 0 aromatic carbocycles. The van der Waals surface area contributed by atoms with E-state index in [1.165, 1.54) is 0 Å². The molecule has 0 atom stereocenters. The number of aliphatic imine (C=N–C) groups is 1. The van der Waals surface area contributed by atoms with E-state index in [0.717, 1.165) is 41.8 Å². The van der Waals surface area contributed by atoms with E-state index in [1.807, 2.05) is 32.8 Å². The molecule has 0 unspecified atom stereocenters. The Bertz CT molecular complexity index is 639. The fourth-order valence-corrected chi connectivity index (χ4v) is 2.35. The standard InChI is InChI=1S/C15H25N7O/c1-6-16-15(21(4)9-14-18-10-19-22(14)5)17-8-7-13-11(2)20-23-12(13)3/h10H,6-9H2,1-5H3,(H,16,17). The maximum absolute atomic E-state index is 5.19. The summed E-state index contributed by atoms with van der Waals surface area (Å²) in [7, 11) is 3.88. The molecule has 126 valence electrons. The van der Waals surface area contributed by atoms with Crippen LogP contribution in [0, 0.1) is 13.8 Å². The van der Waals surface area contributed by atoms with Gasteiger partial charge in [0.15, 0.2) is 5.96 Å². The fraction of sp³-hybridized carbons (Fsp3) is 0.600. The van der Waals surface area contributed by atoms with Gasteiger partial charge in [-0.2, -0.15) is 5.10 Å². The highest BCUT2D eigenvalue weighted by Crippen LogP contribution is 2.12. The van der Waals surface area contributed by atoms with Crippen LogP contribution in [0.1, 0.15) is 29.8 Å². The SMILES string of the molecule is CCNC(=NCCc1c(C)noc1C)N(C)Cc1ncnn1C. The molecule has 0 saturated carbocycles. The van der Waals surface area contributed by atoms with Gasteiger partial charge < -0.3 is 14.7 Å². The summed E-state index contributed by atoms with van der Waals surface area (Å²) in [5, 5.41) is 11.4. The summed E-state index contributed by atoms with van der Waals surface area (Å²) in [5.41, 5.74) is 2.08. The number of rotatable bonds is 6. The van der Waals surface area contributed by atoms with E-state index in [-0.39, 0.29) is 0 Å². The van der Waals surface area contributed by atoms with Crippen LogP contribution >= 0.6 is 0 Å². The summed E-state index contributed by atoms with van der Waals surface area (Å²) in [6.07, 6.45) is 2.37.